The molecule has 1 aromatic carbocycles. The number of sulfone groups is 1. The van der Waals surface area contributed by atoms with Crippen molar-refractivity contribution in [3.8, 4) is 0 Å². The number of aromatic nitrogens is 4. The van der Waals surface area contributed by atoms with E-state index in [4.69, 9.17) is 11.6 Å². The van der Waals surface area contributed by atoms with Crippen LogP contribution in [0.3, 0.4) is 0 Å². The van der Waals surface area contributed by atoms with Gasteiger partial charge in [0, 0.05) is 43.3 Å². The Hall–Kier alpha value is -2.69. The summed E-state index contributed by atoms with van der Waals surface area (Å²) >= 11 is 6.02. The van der Waals surface area contributed by atoms with E-state index < -0.39 is 9.84 Å². The minimum Gasteiger partial charge on any atom is -0.354 e. The zero-order valence-electron chi connectivity index (χ0n) is 17.3. The third kappa shape index (κ3) is 5.33. The van der Waals surface area contributed by atoms with Crippen LogP contribution in [0.25, 0.3) is 0 Å². The first-order valence-electron chi connectivity index (χ1n) is 9.87. The molecule has 11 heteroatoms. The maximum atomic E-state index is 13.2. The lowest BCUT2D eigenvalue weighted by Crippen LogP contribution is -2.45. The Kier molecular flexibility index (Phi) is 6.12. The van der Waals surface area contributed by atoms with Crippen molar-refractivity contribution in [3.63, 3.8) is 0 Å². The van der Waals surface area contributed by atoms with E-state index >= 15 is 0 Å². The fraction of sp³-hybridized carbons (Fsp3) is 0.350. The van der Waals surface area contributed by atoms with Crippen molar-refractivity contribution in [2.24, 2.45) is 0 Å². The minimum atomic E-state index is -3.80. The van der Waals surface area contributed by atoms with E-state index in [1.54, 1.807) is 30.3 Å². The summed E-state index contributed by atoms with van der Waals surface area (Å²) < 4.78 is 26.3. The molecule has 0 spiro atoms. The number of aryl methyl sites for hydroxylation is 1. The summed E-state index contributed by atoms with van der Waals surface area (Å²) in [5.41, 5.74) is 1.39. The molecule has 0 amide bonds. The second-order valence-electron chi connectivity index (χ2n) is 7.62. The second kappa shape index (κ2) is 8.81. The Labute approximate surface area is 186 Å². The highest BCUT2D eigenvalue weighted by atomic mass is 35.5. The molecule has 0 aliphatic carbocycles. The summed E-state index contributed by atoms with van der Waals surface area (Å²) in [6.45, 7) is 5.11. The largest absolute Gasteiger partial charge is 0.354 e. The van der Waals surface area contributed by atoms with Crippen LogP contribution < -0.4 is 10.2 Å². The van der Waals surface area contributed by atoms with Gasteiger partial charge in [-0.3, -0.25) is 5.10 Å². The van der Waals surface area contributed by atoms with Crippen LogP contribution >= 0.6 is 11.6 Å². The molecular formula is C20H24ClN7O2S. The first-order valence-corrected chi connectivity index (χ1v) is 11.9. The number of benzene rings is 1. The van der Waals surface area contributed by atoms with Gasteiger partial charge in [0.25, 0.3) is 5.16 Å². The van der Waals surface area contributed by atoms with E-state index in [0.29, 0.717) is 28.0 Å². The highest BCUT2D eigenvalue weighted by molar-refractivity contribution is 7.90. The minimum absolute atomic E-state index is 0.220. The van der Waals surface area contributed by atoms with E-state index in [2.05, 4.69) is 42.3 Å². The van der Waals surface area contributed by atoms with Crippen molar-refractivity contribution in [1.82, 2.24) is 25.1 Å². The molecule has 1 aliphatic heterocycles. The Morgan fingerprint density at radius 3 is 2.58 bits per heavy atom. The van der Waals surface area contributed by atoms with Crippen molar-refractivity contribution in [1.29, 1.82) is 0 Å². The molecule has 3 aromatic rings. The second-order valence-corrected chi connectivity index (χ2v) is 9.94. The number of rotatable bonds is 6. The predicted octanol–water partition coefficient (Wildman–Crippen LogP) is 2.63. The van der Waals surface area contributed by atoms with Crippen LogP contribution in [0, 0.1) is 6.92 Å². The van der Waals surface area contributed by atoms with E-state index in [1.807, 2.05) is 13.0 Å². The Morgan fingerprint density at radius 1 is 1.13 bits per heavy atom. The van der Waals surface area contributed by atoms with Gasteiger partial charge in [-0.2, -0.15) is 5.10 Å². The van der Waals surface area contributed by atoms with Crippen molar-refractivity contribution >= 4 is 38.9 Å². The van der Waals surface area contributed by atoms with Gasteiger partial charge in [0.2, 0.25) is 9.84 Å². The summed E-state index contributed by atoms with van der Waals surface area (Å²) in [6.07, 6.45) is 0. The van der Waals surface area contributed by atoms with Crippen LogP contribution in [0.15, 0.2) is 41.6 Å². The molecule has 0 unspecified atom stereocenters. The quantitative estimate of drug-likeness (QED) is 0.539. The molecule has 0 atom stereocenters. The van der Waals surface area contributed by atoms with Gasteiger partial charge in [-0.25, -0.2) is 18.4 Å². The lowest BCUT2D eigenvalue weighted by atomic mass is 10.2. The SMILES string of the molecule is Cc1cc(Nc2cc(N3CCN(C)CC3)nc(S(=O)(=O)Cc3cccc(Cl)c3)n2)[nH]n1. The van der Waals surface area contributed by atoms with Crippen LogP contribution in [0.5, 0.6) is 0 Å². The number of anilines is 3. The van der Waals surface area contributed by atoms with Gasteiger partial charge in [-0.05, 0) is 31.7 Å². The molecule has 1 aliphatic rings. The fourth-order valence-corrected chi connectivity index (χ4v) is 4.78. The number of likely N-dealkylation sites (N-methyl/N-ethyl adjacent to an activating group) is 1. The Morgan fingerprint density at radius 2 is 1.90 bits per heavy atom. The van der Waals surface area contributed by atoms with Crippen LogP contribution in [0.2, 0.25) is 5.02 Å². The molecular weight excluding hydrogens is 438 g/mol. The van der Waals surface area contributed by atoms with E-state index in [9.17, 15) is 8.42 Å². The summed E-state index contributed by atoms with van der Waals surface area (Å²) in [4.78, 5) is 13.0. The van der Waals surface area contributed by atoms with Gasteiger partial charge in [-0.15, -0.1) is 0 Å². The highest BCUT2D eigenvalue weighted by Crippen LogP contribution is 2.24. The van der Waals surface area contributed by atoms with Crippen molar-refractivity contribution in [3.05, 3.63) is 52.7 Å². The maximum absolute atomic E-state index is 13.2. The molecule has 2 aromatic heterocycles. The van der Waals surface area contributed by atoms with Crippen molar-refractivity contribution in [2.75, 3.05) is 43.4 Å². The number of hydrogen-bond donors (Lipinski definition) is 2. The third-order valence-electron chi connectivity index (χ3n) is 5.01. The molecule has 1 saturated heterocycles. The highest BCUT2D eigenvalue weighted by Gasteiger charge is 2.24. The topological polar surface area (TPSA) is 107 Å². The molecule has 0 radical (unpaired) electrons. The predicted molar refractivity (Wildman–Crippen MR) is 121 cm³/mol. The summed E-state index contributed by atoms with van der Waals surface area (Å²) in [5.74, 6) is 1.35. The number of nitrogens with zero attached hydrogens (tertiary/aromatic N) is 5. The standard InChI is InChI=1S/C20H24ClN7O2S/c1-14-10-18(26-25-14)22-17-12-19(28-8-6-27(2)7-9-28)24-20(23-17)31(29,30)13-15-4-3-5-16(21)11-15/h3-5,10-12H,6-9,13H2,1-2H3,(H2,22,23,24,25,26). The maximum Gasteiger partial charge on any atom is 0.251 e. The Balaban J connectivity index is 1.69. The number of hydrogen-bond acceptors (Lipinski definition) is 8. The molecule has 3 heterocycles. The van der Waals surface area contributed by atoms with Gasteiger partial charge >= 0.3 is 0 Å². The van der Waals surface area contributed by atoms with Crippen LogP contribution in [-0.4, -0.2) is 66.7 Å². The van der Waals surface area contributed by atoms with E-state index in [0.717, 1.165) is 31.9 Å². The number of aromatic amines is 1. The average molecular weight is 462 g/mol. The fourth-order valence-electron chi connectivity index (χ4n) is 3.35. The molecule has 1 fully saturated rings. The third-order valence-corrected chi connectivity index (χ3v) is 6.70. The lowest BCUT2D eigenvalue weighted by molar-refractivity contribution is 0.312. The number of H-pyrrole nitrogens is 1. The van der Waals surface area contributed by atoms with E-state index in [1.165, 1.54) is 0 Å². The first kappa shape index (κ1) is 21.5. The smallest absolute Gasteiger partial charge is 0.251 e. The molecule has 0 bridgehead atoms. The molecule has 9 nitrogen and oxygen atoms in total. The average Bonchev–Trinajstić information content (AvgIpc) is 3.12. The Bertz CT molecular complexity index is 1170. The van der Waals surface area contributed by atoms with Crippen LogP contribution in [0.4, 0.5) is 17.5 Å². The monoisotopic (exact) mass is 461 g/mol. The van der Waals surface area contributed by atoms with Gasteiger partial charge in [0.1, 0.15) is 17.5 Å². The number of nitrogens with one attached hydrogen (secondary N) is 2. The normalized spacial score (nSPS) is 15.3. The zero-order valence-corrected chi connectivity index (χ0v) is 18.9. The lowest BCUT2D eigenvalue weighted by Gasteiger charge is -2.33. The molecule has 164 valence electrons. The molecule has 2 N–H and O–H groups in total. The summed E-state index contributed by atoms with van der Waals surface area (Å²) in [5, 5.41) is 10.3. The van der Waals surface area contributed by atoms with Crippen molar-refractivity contribution < 1.29 is 8.42 Å². The number of halogens is 1. The number of piperazine rings is 1. The molecule has 31 heavy (non-hydrogen) atoms. The molecule has 0 saturated carbocycles. The van der Waals surface area contributed by atoms with Gasteiger partial charge in [0.15, 0.2) is 0 Å². The van der Waals surface area contributed by atoms with Gasteiger partial charge < -0.3 is 15.1 Å². The molecule has 4 rings (SSSR count). The van der Waals surface area contributed by atoms with Gasteiger partial charge in [0.05, 0.1) is 11.4 Å². The van der Waals surface area contributed by atoms with Crippen LogP contribution in [0.1, 0.15) is 11.3 Å². The van der Waals surface area contributed by atoms with Crippen LogP contribution in [-0.2, 0) is 15.6 Å². The summed E-state index contributed by atoms with van der Waals surface area (Å²) in [6, 6.07) is 10.4. The van der Waals surface area contributed by atoms with Crippen molar-refractivity contribution in [2.45, 2.75) is 17.8 Å². The first-order chi connectivity index (χ1) is 14.8. The summed E-state index contributed by atoms with van der Waals surface area (Å²) in [7, 11) is -1.73. The van der Waals surface area contributed by atoms with E-state index in [-0.39, 0.29) is 10.9 Å². The zero-order chi connectivity index (χ0) is 22.0. The van der Waals surface area contributed by atoms with Gasteiger partial charge in [-0.1, -0.05) is 23.7 Å².